The van der Waals surface area contributed by atoms with Gasteiger partial charge in [0, 0.05) is 22.9 Å². The lowest BCUT2D eigenvalue weighted by atomic mass is 9.63. The number of aryl methyl sites for hydroxylation is 1. The van der Waals surface area contributed by atoms with Gasteiger partial charge in [0.1, 0.15) is 0 Å². The molecule has 2 aliphatic carbocycles. The molecule has 10 heteroatoms. The molecule has 2 N–H and O–H groups in total. The van der Waals surface area contributed by atoms with Crippen molar-refractivity contribution in [2.75, 3.05) is 5.32 Å². The number of alkyl halides is 6. The highest BCUT2D eigenvalue weighted by Crippen LogP contribution is 2.59. The summed E-state index contributed by atoms with van der Waals surface area (Å²) in [5.74, 6) is -1.42. The number of aromatic nitrogens is 1. The van der Waals surface area contributed by atoms with Crippen LogP contribution in [0.15, 0.2) is 47.3 Å². The number of aromatic amines is 1. The van der Waals surface area contributed by atoms with Gasteiger partial charge in [0.15, 0.2) is 0 Å². The summed E-state index contributed by atoms with van der Waals surface area (Å²) in [5.41, 5.74) is -1.45. The third kappa shape index (κ3) is 3.96. The number of hydrogen-bond donors (Lipinski definition) is 2. The van der Waals surface area contributed by atoms with E-state index in [-0.39, 0.29) is 11.5 Å². The van der Waals surface area contributed by atoms with E-state index in [1.807, 2.05) is 19.1 Å². The lowest BCUT2D eigenvalue weighted by Gasteiger charge is -2.41. The second kappa shape index (κ2) is 8.11. The average Bonchev–Trinajstić information content (AvgIpc) is 3.14. The molecule has 0 aliphatic heterocycles. The van der Waals surface area contributed by atoms with Gasteiger partial charge < -0.3 is 10.3 Å². The van der Waals surface area contributed by atoms with Gasteiger partial charge in [0.25, 0.3) is 0 Å². The zero-order chi connectivity index (χ0) is 26.0. The highest BCUT2D eigenvalue weighted by atomic mass is 19.4. The van der Waals surface area contributed by atoms with Gasteiger partial charge in [0.2, 0.25) is 11.5 Å². The number of rotatable bonds is 2. The van der Waals surface area contributed by atoms with Gasteiger partial charge in [0.05, 0.1) is 16.8 Å². The van der Waals surface area contributed by atoms with Crippen molar-refractivity contribution < 1.29 is 31.1 Å². The summed E-state index contributed by atoms with van der Waals surface area (Å²) in [7, 11) is 0. The van der Waals surface area contributed by atoms with Crippen LogP contribution >= 0.6 is 0 Å². The quantitative estimate of drug-likeness (QED) is 0.381. The molecule has 3 atom stereocenters. The van der Waals surface area contributed by atoms with Crippen LogP contribution < -0.4 is 10.9 Å². The van der Waals surface area contributed by atoms with Crippen LogP contribution in [0.2, 0.25) is 0 Å². The molecule has 3 aromatic rings. The first-order valence-electron chi connectivity index (χ1n) is 11.5. The topological polar surface area (TPSA) is 62.0 Å². The molecule has 2 aromatic carbocycles. The number of benzene rings is 2. The molecule has 0 spiro atoms. The fourth-order valence-corrected chi connectivity index (χ4v) is 6.13. The number of H-pyrrole nitrogens is 1. The van der Waals surface area contributed by atoms with Crippen LogP contribution in [0.25, 0.3) is 10.9 Å². The Morgan fingerprint density at radius 1 is 1.00 bits per heavy atom. The number of fused-ring (bicyclic) bond motifs is 5. The van der Waals surface area contributed by atoms with Crippen LogP contribution in [-0.4, -0.2) is 10.9 Å². The molecule has 1 heterocycles. The van der Waals surface area contributed by atoms with E-state index in [1.165, 1.54) is 6.07 Å². The zero-order valence-electron chi connectivity index (χ0n) is 19.1. The van der Waals surface area contributed by atoms with Crippen molar-refractivity contribution in [2.24, 2.45) is 11.3 Å². The molecule has 1 fully saturated rings. The van der Waals surface area contributed by atoms with Crippen molar-refractivity contribution in [3.63, 3.8) is 0 Å². The molecule has 0 radical (unpaired) electrons. The molecule has 1 unspecified atom stereocenters. The highest BCUT2D eigenvalue weighted by molar-refractivity contribution is 5.94. The van der Waals surface area contributed by atoms with Crippen molar-refractivity contribution in [1.82, 2.24) is 4.98 Å². The normalized spacial score (nSPS) is 23.9. The SMILES string of the molecule is C[C@]12CCc3c(ccc4[nH]c(=O)ccc34)C1CC[C@@H]2C(=O)Nc1cc(C(F)(F)F)ccc1C(F)(F)F. The van der Waals surface area contributed by atoms with E-state index < -0.39 is 46.4 Å². The number of amides is 1. The van der Waals surface area contributed by atoms with E-state index in [2.05, 4.69) is 10.3 Å². The lowest BCUT2D eigenvalue weighted by molar-refractivity contribution is -0.141. The van der Waals surface area contributed by atoms with Gasteiger partial charge in [-0.25, -0.2) is 0 Å². The molecule has 1 saturated carbocycles. The Kier molecular flexibility index (Phi) is 5.50. The second-order valence-electron chi connectivity index (χ2n) is 9.85. The number of carbonyl (C=O) groups excluding carboxylic acids is 1. The van der Waals surface area contributed by atoms with E-state index in [4.69, 9.17) is 0 Å². The van der Waals surface area contributed by atoms with E-state index in [0.717, 1.165) is 16.5 Å². The van der Waals surface area contributed by atoms with Gasteiger partial charge in [-0.05, 0) is 78.5 Å². The largest absolute Gasteiger partial charge is 0.418 e. The monoisotopic (exact) mass is 508 g/mol. The van der Waals surface area contributed by atoms with E-state index in [1.54, 1.807) is 6.07 Å². The van der Waals surface area contributed by atoms with Gasteiger partial charge in [-0.1, -0.05) is 13.0 Å². The Labute approximate surface area is 201 Å². The zero-order valence-corrected chi connectivity index (χ0v) is 19.1. The minimum absolute atomic E-state index is 0.0445. The number of anilines is 1. The summed E-state index contributed by atoms with van der Waals surface area (Å²) in [5, 5.41) is 3.11. The number of halogens is 6. The molecule has 5 rings (SSSR count). The van der Waals surface area contributed by atoms with Crippen molar-refractivity contribution in [3.05, 3.63) is 75.1 Å². The van der Waals surface area contributed by atoms with Crippen molar-refractivity contribution in [2.45, 2.75) is 50.9 Å². The molecule has 36 heavy (non-hydrogen) atoms. The number of hydrogen-bond acceptors (Lipinski definition) is 2. The molecular formula is C26H22F6N2O2. The molecule has 2 aliphatic rings. The van der Waals surface area contributed by atoms with Crippen LogP contribution in [0.5, 0.6) is 0 Å². The molecular weight excluding hydrogens is 486 g/mol. The van der Waals surface area contributed by atoms with Crippen LogP contribution in [0.4, 0.5) is 32.0 Å². The van der Waals surface area contributed by atoms with Crippen molar-refractivity contribution in [3.8, 4) is 0 Å². The maximum absolute atomic E-state index is 13.5. The van der Waals surface area contributed by atoms with Crippen LogP contribution in [-0.2, 0) is 23.6 Å². The second-order valence-corrected chi connectivity index (χ2v) is 9.85. The van der Waals surface area contributed by atoms with E-state index in [9.17, 15) is 35.9 Å². The first-order valence-corrected chi connectivity index (χ1v) is 11.5. The molecule has 0 saturated heterocycles. The van der Waals surface area contributed by atoms with Crippen molar-refractivity contribution in [1.29, 1.82) is 0 Å². The predicted octanol–water partition coefficient (Wildman–Crippen LogP) is 6.65. The third-order valence-electron chi connectivity index (χ3n) is 7.90. The average molecular weight is 508 g/mol. The summed E-state index contributed by atoms with van der Waals surface area (Å²) >= 11 is 0. The summed E-state index contributed by atoms with van der Waals surface area (Å²) in [6, 6.07) is 8.01. The molecule has 1 aromatic heterocycles. The van der Waals surface area contributed by atoms with Gasteiger partial charge in [-0.2, -0.15) is 26.3 Å². The Bertz CT molecular complexity index is 1420. The Morgan fingerprint density at radius 3 is 2.44 bits per heavy atom. The first-order chi connectivity index (χ1) is 16.8. The van der Waals surface area contributed by atoms with Gasteiger partial charge >= 0.3 is 12.4 Å². The first kappa shape index (κ1) is 24.4. The van der Waals surface area contributed by atoms with Crippen LogP contribution in [0, 0.1) is 11.3 Å². The maximum Gasteiger partial charge on any atom is 0.418 e. The van der Waals surface area contributed by atoms with Crippen LogP contribution in [0.1, 0.15) is 54.4 Å². The minimum Gasteiger partial charge on any atom is -0.325 e. The number of pyridine rings is 1. The summed E-state index contributed by atoms with van der Waals surface area (Å²) in [4.78, 5) is 27.8. The Morgan fingerprint density at radius 2 is 1.75 bits per heavy atom. The van der Waals surface area contributed by atoms with E-state index >= 15 is 0 Å². The molecule has 0 bridgehead atoms. The Hall–Kier alpha value is -3.30. The molecule has 190 valence electrons. The number of carbonyl (C=O) groups is 1. The summed E-state index contributed by atoms with van der Waals surface area (Å²) in [6.07, 6.45) is -7.58. The maximum atomic E-state index is 13.5. The van der Waals surface area contributed by atoms with Gasteiger partial charge in [-0.15, -0.1) is 0 Å². The fourth-order valence-electron chi connectivity index (χ4n) is 6.13. The van der Waals surface area contributed by atoms with Gasteiger partial charge in [-0.3, -0.25) is 9.59 Å². The molecule has 4 nitrogen and oxygen atoms in total. The summed E-state index contributed by atoms with van der Waals surface area (Å²) in [6.45, 7) is 1.92. The van der Waals surface area contributed by atoms with E-state index in [0.29, 0.717) is 49.4 Å². The smallest absolute Gasteiger partial charge is 0.325 e. The molecule has 1 amide bonds. The lowest BCUT2D eigenvalue weighted by Crippen LogP contribution is -2.38. The minimum atomic E-state index is -4.93. The Balaban J connectivity index is 1.48. The number of nitrogens with one attached hydrogen (secondary N) is 2. The standard InChI is InChI=1S/C26H22F6N2O2/c1-24-11-10-14-15(3-8-20-16(14)4-9-22(35)33-20)17(24)6-7-19(24)23(36)34-21-12-13(25(27,28)29)2-5-18(21)26(30,31)32/h2-5,8-9,12,17,19H,6-7,10-11H2,1H3,(H,33,35)(H,34,36)/t17?,19-,24+/m1/s1. The summed E-state index contributed by atoms with van der Waals surface area (Å²) < 4.78 is 80.1. The highest BCUT2D eigenvalue weighted by Gasteiger charge is 2.52. The van der Waals surface area contributed by atoms with Crippen molar-refractivity contribution >= 4 is 22.5 Å². The van der Waals surface area contributed by atoms with Crippen LogP contribution in [0.3, 0.4) is 0 Å². The predicted molar refractivity (Wildman–Crippen MR) is 122 cm³/mol. The third-order valence-corrected chi connectivity index (χ3v) is 7.90. The fraction of sp³-hybridized carbons (Fsp3) is 0.385.